The van der Waals surface area contributed by atoms with Gasteiger partial charge in [-0.3, -0.25) is 0 Å². The van der Waals surface area contributed by atoms with Crippen molar-refractivity contribution in [3.05, 3.63) is 131 Å². The van der Waals surface area contributed by atoms with Crippen LogP contribution in [0.1, 0.15) is 24.0 Å². The number of nitriles is 2. The van der Waals surface area contributed by atoms with Crippen LogP contribution < -0.4 is 10.6 Å². The van der Waals surface area contributed by atoms with Crippen LogP contribution in [0.5, 0.6) is 0 Å². The van der Waals surface area contributed by atoms with Crippen LogP contribution in [0.2, 0.25) is 0 Å². The smallest absolute Gasteiger partial charge is 0.0992 e. The first kappa shape index (κ1) is 24.0. The standard InChI is InChI=1S/C38H24N4/c39-23-25-8-7-9-28(20-25)41-35-14-5-2-12-31(35)33-22-27(17-19-37(33)41)29-10-1-4-13-34(29)42-36-15-6-3-11-30(36)32-21-26(24-40)16-18-38(32)42/h1-2,4-5,7-22H,3,6H2. The van der Waals surface area contributed by atoms with Crippen LogP contribution in [-0.4, -0.2) is 9.13 Å². The fourth-order valence-corrected chi connectivity index (χ4v) is 6.57. The summed E-state index contributed by atoms with van der Waals surface area (Å²) in [5.41, 5.74) is 9.00. The molecular formula is C38H24N4. The molecule has 7 aromatic rings. The van der Waals surface area contributed by atoms with Gasteiger partial charge in [0, 0.05) is 38.0 Å². The summed E-state index contributed by atoms with van der Waals surface area (Å²) in [5, 5.41) is 25.0. The first-order valence-corrected chi connectivity index (χ1v) is 14.1. The molecule has 0 spiro atoms. The zero-order valence-electron chi connectivity index (χ0n) is 22.8. The number of hydrogen-bond acceptors (Lipinski definition) is 2. The average molecular weight is 537 g/mol. The van der Waals surface area contributed by atoms with Crippen LogP contribution in [0.15, 0.2) is 109 Å². The summed E-state index contributed by atoms with van der Waals surface area (Å²) < 4.78 is 4.60. The van der Waals surface area contributed by atoms with Gasteiger partial charge in [0.25, 0.3) is 0 Å². The number of rotatable bonds is 3. The molecular weight excluding hydrogens is 512 g/mol. The lowest BCUT2D eigenvalue weighted by Crippen LogP contribution is -2.30. The fraction of sp³-hybridized carbons (Fsp3) is 0.0526. The maximum absolute atomic E-state index is 9.59. The maximum Gasteiger partial charge on any atom is 0.0992 e. The molecule has 0 saturated carbocycles. The third kappa shape index (κ3) is 3.53. The zero-order chi connectivity index (χ0) is 28.2. The van der Waals surface area contributed by atoms with E-state index in [1.165, 1.54) is 21.3 Å². The van der Waals surface area contributed by atoms with Crippen LogP contribution in [0, 0.1) is 22.7 Å². The third-order valence-corrected chi connectivity index (χ3v) is 8.39. The van der Waals surface area contributed by atoms with Gasteiger partial charge in [-0.25, -0.2) is 0 Å². The molecule has 0 saturated heterocycles. The number of nitrogens with zero attached hydrogens (tertiary/aromatic N) is 4. The van der Waals surface area contributed by atoms with Crippen molar-refractivity contribution in [3.63, 3.8) is 0 Å². The molecule has 2 aromatic heterocycles. The Bertz CT molecular complexity index is 2440. The second kappa shape index (κ2) is 9.37. The van der Waals surface area contributed by atoms with E-state index in [0.717, 1.165) is 57.3 Å². The van der Waals surface area contributed by atoms with Crippen LogP contribution >= 0.6 is 0 Å². The van der Waals surface area contributed by atoms with Gasteiger partial charge in [-0.2, -0.15) is 10.5 Å². The minimum atomic E-state index is 0.641. The van der Waals surface area contributed by atoms with E-state index in [1.54, 1.807) is 0 Å². The molecule has 4 nitrogen and oxygen atoms in total. The molecule has 5 aromatic carbocycles. The highest BCUT2D eigenvalue weighted by molar-refractivity contribution is 6.10. The summed E-state index contributed by atoms with van der Waals surface area (Å²) in [7, 11) is 0. The molecule has 4 heteroatoms. The molecule has 8 rings (SSSR count). The molecule has 1 aliphatic rings. The summed E-state index contributed by atoms with van der Waals surface area (Å²) in [5.74, 6) is 0. The topological polar surface area (TPSA) is 57.4 Å². The second-order valence-electron chi connectivity index (χ2n) is 10.7. The van der Waals surface area contributed by atoms with Crippen LogP contribution in [0.3, 0.4) is 0 Å². The summed E-state index contributed by atoms with van der Waals surface area (Å²) in [6.07, 6.45) is 6.63. The molecule has 0 atom stereocenters. The molecule has 0 radical (unpaired) electrons. The van der Waals surface area contributed by atoms with Crippen molar-refractivity contribution >= 4 is 44.9 Å². The SMILES string of the molecule is N#Cc1cccc(-n2c3ccccc3c3cc(-c4ccccc4-n4c5c(c6cc(C#N)ccc64)=CCCC=5)ccc32)c1. The molecule has 196 valence electrons. The normalized spacial score (nSPS) is 12.4. The van der Waals surface area contributed by atoms with Crippen molar-refractivity contribution in [1.29, 1.82) is 10.5 Å². The van der Waals surface area contributed by atoms with Crippen molar-refractivity contribution in [3.8, 4) is 34.6 Å². The van der Waals surface area contributed by atoms with Crippen molar-refractivity contribution < 1.29 is 0 Å². The third-order valence-electron chi connectivity index (χ3n) is 8.39. The molecule has 0 unspecified atom stereocenters. The number of fused-ring (bicyclic) bond motifs is 6. The highest BCUT2D eigenvalue weighted by Crippen LogP contribution is 2.36. The predicted molar refractivity (Wildman–Crippen MR) is 170 cm³/mol. The highest BCUT2D eigenvalue weighted by Gasteiger charge is 2.17. The van der Waals surface area contributed by atoms with Gasteiger partial charge in [0.05, 0.1) is 45.5 Å². The van der Waals surface area contributed by atoms with Crippen LogP contribution in [0.25, 0.3) is 67.4 Å². The molecule has 2 heterocycles. The largest absolute Gasteiger partial charge is 0.309 e. The number of aromatic nitrogens is 2. The molecule has 0 aliphatic heterocycles. The quantitative estimate of drug-likeness (QED) is 0.235. The van der Waals surface area contributed by atoms with Crippen molar-refractivity contribution in [2.75, 3.05) is 0 Å². The van der Waals surface area contributed by atoms with Gasteiger partial charge in [0.15, 0.2) is 0 Å². The van der Waals surface area contributed by atoms with E-state index in [2.05, 4.69) is 112 Å². The van der Waals surface area contributed by atoms with E-state index < -0.39 is 0 Å². The molecule has 0 N–H and O–H groups in total. The Morgan fingerprint density at radius 3 is 2.19 bits per heavy atom. The van der Waals surface area contributed by atoms with Crippen molar-refractivity contribution in [2.24, 2.45) is 0 Å². The fourth-order valence-electron chi connectivity index (χ4n) is 6.57. The number of para-hydroxylation sites is 2. The van der Waals surface area contributed by atoms with Crippen molar-refractivity contribution in [1.82, 2.24) is 9.13 Å². The predicted octanol–water partition coefficient (Wildman–Crippen LogP) is 7.49. The number of hydrogen-bond donors (Lipinski definition) is 0. The van der Waals surface area contributed by atoms with E-state index in [-0.39, 0.29) is 0 Å². The Hall–Kier alpha value is -5.84. The van der Waals surface area contributed by atoms with Crippen molar-refractivity contribution in [2.45, 2.75) is 12.8 Å². The van der Waals surface area contributed by atoms with E-state index in [0.29, 0.717) is 11.1 Å². The second-order valence-corrected chi connectivity index (χ2v) is 10.7. The lowest BCUT2D eigenvalue weighted by molar-refractivity contribution is 1.03. The Kier molecular flexibility index (Phi) is 5.36. The Morgan fingerprint density at radius 2 is 1.29 bits per heavy atom. The van der Waals surface area contributed by atoms with Gasteiger partial charge in [0.2, 0.25) is 0 Å². The Labute approximate surface area is 242 Å². The van der Waals surface area contributed by atoms with Crippen LogP contribution in [-0.2, 0) is 0 Å². The minimum absolute atomic E-state index is 0.641. The Balaban J connectivity index is 1.39. The summed E-state index contributed by atoms with van der Waals surface area (Å²) >= 11 is 0. The van der Waals surface area contributed by atoms with Gasteiger partial charge in [-0.1, -0.05) is 60.7 Å². The minimum Gasteiger partial charge on any atom is -0.309 e. The van der Waals surface area contributed by atoms with E-state index in [9.17, 15) is 10.5 Å². The molecule has 0 amide bonds. The lowest BCUT2D eigenvalue weighted by atomic mass is 10.0. The number of benzene rings is 5. The zero-order valence-corrected chi connectivity index (χ0v) is 22.8. The van der Waals surface area contributed by atoms with Crippen LogP contribution in [0.4, 0.5) is 0 Å². The molecule has 42 heavy (non-hydrogen) atoms. The van der Waals surface area contributed by atoms with E-state index in [1.807, 2.05) is 30.3 Å². The average Bonchev–Trinajstić information content (AvgIpc) is 3.57. The van der Waals surface area contributed by atoms with E-state index >= 15 is 0 Å². The molecule has 0 fully saturated rings. The van der Waals surface area contributed by atoms with Gasteiger partial charge >= 0.3 is 0 Å². The lowest BCUT2D eigenvalue weighted by Gasteiger charge is -2.14. The summed E-state index contributed by atoms with van der Waals surface area (Å²) in [6, 6.07) is 42.1. The summed E-state index contributed by atoms with van der Waals surface area (Å²) in [6.45, 7) is 0. The van der Waals surface area contributed by atoms with Gasteiger partial charge in [-0.05, 0) is 79.1 Å². The van der Waals surface area contributed by atoms with Gasteiger partial charge in [-0.15, -0.1) is 0 Å². The Morgan fingerprint density at radius 1 is 0.548 bits per heavy atom. The molecule has 0 bridgehead atoms. The highest BCUT2D eigenvalue weighted by atomic mass is 15.0. The maximum atomic E-state index is 9.59. The monoisotopic (exact) mass is 536 g/mol. The first-order valence-electron chi connectivity index (χ1n) is 14.1. The van der Waals surface area contributed by atoms with Gasteiger partial charge in [0.1, 0.15) is 0 Å². The van der Waals surface area contributed by atoms with E-state index in [4.69, 9.17) is 0 Å². The first-order chi connectivity index (χ1) is 20.7. The van der Waals surface area contributed by atoms with Gasteiger partial charge < -0.3 is 9.13 Å². The molecule has 1 aliphatic carbocycles. The summed E-state index contributed by atoms with van der Waals surface area (Å²) in [4.78, 5) is 0.